The molecule has 0 radical (unpaired) electrons. The fourth-order valence-electron chi connectivity index (χ4n) is 2.16. The molecule has 1 aliphatic heterocycles. The van der Waals surface area contributed by atoms with E-state index >= 15 is 0 Å². The number of carboxylic acid groups (broad SMARTS) is 1. The Morgan fingerprint density at radius 1 is 1.55 bits per heavy atom. The molecule has 0 saturated heterocycles. The van der Waals surface area contributed by atoms with Gasteiger partial charge in [-0.3, -0.25) is 4.79 Å². The van der Waals surface area contributed by atoms with Gasteiger partial charge in [-0.15, -0.1) is 11.3 Å². The normalized spacial score (nSPS) is 17.2. The minimum absolute atomic E-state index is 0.157. The minimum atomic E-state index is -0.904. The van der Waals surface area contributed by atoms with Gasteiger partial charge >= 0.3 is 12.0 Å². The van der Waals surface area contributed by atoms with Gasteiger partial charge in [0.1, 0.15) is 0 Å². The maximum absolute atomic E-state index is 12.1. The molecule has 2 N–H and O–H groups in total. The Bertz CT molecular complexity index is 514. The van der Waals surface area contributed by atoms with Gasteiger partial charge in [0.15, 0.2) is 0 Å². The topological polar surface area (TPSA) is 69.6 Å². The monoisotopic (exact) mass is 296 g/mol. The summed E-state index contributed by atoms with van der Waals surface area (Å²) in [6.45, 7) is 4.93. The number of hydrogen-bond acceptors (Lipinski definition) is 3. The molecule has 0 bridgehead atoms. The molecule has 20 heavy (non-hydrogen) atoms. The third-order valence-corrected chi connectivity index (χ3v) is 5.04. The van der Waals surface area contributed by atoms with Crippen molar-refractivity contribution in [3.05, 3.63) is 21.9 Å². The Morgan fingerprint density at radius 2 is 2.30 bits per heavy atom. The van der Waals surface area contributed by atoms with Gasteiger partial charge in [0, 0.05) is 24.5 Å². The molecule has 0 aromatic carbocycles. The molecule has 5 nitrogen and oxygen atoms in total. The van der Waals surface area contributed by atoms with E-state index in [9.17, 15) is 14.7 Å². The fraction of sp³-hybridized carbons (Fsp3) is 0.571. The third kappa shape index (κ3) is 2.95. The number of amides is 2. The Kier molecular flexibility index (Phi) is 4.32. The summed E-state index contributed by atoms with van der Waals surface area (Å²) in [6.07, 6.45) is 1.36. The van der Waals surface area contributed by atoms with Crippen LogP contribution in [0.1, 0.15) is 30.7 Å². The van der Waals surface area contributed by atoms with Crippen LogP contribution in [-0.2, 0) is 17.8 Å². The van der Waals surface area contributed by atoms with E-state index in [4.69, 9.17) is 0 Å². The molecule has 1 aliphatic rings. The van der Waals surface area contributed by atoms with Gasteiger partial charge in [-0.25, -0.2) is 4.79 Å². The van der Waals surface area contributed by atoms with E-state index in [2.05, 4.69) is 5.32 Å². The summed E-state index contributed by atoms with van der Waals surface area (Å²) in [5, 5.41) is 14.0. The van der Waals surface area contributed by atoms with Crippen LogP contribution in [0, 0.1) is 5.41 Å². The summed E-state index contributed by atoms with van der Waals surface area (Å²) in [5.41, 5.74) is 0.298. The molecule has 2 rings (SSSR count). The van der Waals surface area contributed by atoms with E-state index in [0.717, 1.165) is 6.42 Å². The van der Waals surface area contributed by atoms with Crippen molar-refractivity contribution in [1.29, 1.82) is 0 Å². The minimum Gasteiger partial charge on any atom is -0.481 e. The molecule has 110 valence electrons. The van der Waals surface area contributed by atoms with Crippen LogP contribution in [0.3, 0.4) is 0 Å². The Balaban J connectivity index is 1.92. The van der Waals surface area contributed by atoms with Crippen molar-refractivity contribution in [2.75, 3.05) is 13.1 Å². The Morgan fingerprint density at radius 3 is 2.95 bits per heavy atom. The van der Waals surface area contributed by atoms with E-state index < -0.39 is 11.4 Å². The fourth-order valence-corrected chi connectivity index (χ4v) is 3.05. The SMILES string of the molecule is CCC(C)(CNC(=O)N1CCc2sccc2C1)C(=O)O. The number of carbonyl (C=O) groups excluding carboxylic acids is 1. The highest BCUT2D eigenvalue weighted by Gasteiger charge is 2.32. The highest BCUT2D eigenvalue weighted by molar-refractivity contribution is 7.10. The lowest BCUT2D eigenvalue weighted by Gasteiger charge is -2.29. The van der Waals surface area contributed by atoms with Crippen LogP contribution < -0.4 is 5.32 Å². The summed E-state index contributed by atoms with van der Waals surface area (Å²) < 4.78 is 0. The largest absolute Gasteiger partial charge is 0.481 e. The molecule has 0 fully saturated rings. The number of aliphatic carboxylic acids is 1. The van der Waals surface area contributed by atoms with Crippen LogP contribution in [0.25, 0.3) is 0 Å². The van der Waals surface area contributed by atoms with Crippen molar-refractivity contribution in [3.8, 4) is 0 Å². The molecule has 1 unspecified atom stereocenters. The predicted molar refractivity (Wildman–Crippen MR) is 77.9 cm³/mol. The van der Waals surface area contributed by atoms with Crippen LogP contribution in [-0.4, -0.2) is 35.1 Å². The van der Waals surface area contributed by atoms with Gasteiger partial charge in [-0.2, -0.15) is 0 Å². The van der Waals surface area contributed by atoms with Crippen molar-refractivity contribution < 1.29 is 14.7 Å². The van der Waals surface area contributed by atoms with Crippen molar-refractivity contribution in [1.82, 2.24) is 10.2 Å². The van der Waals surface area contributed by atoms with Gasteiger partial charge in [0.25, 0.3) is 0 Å². The Hall–Kier alpha value is -1.56. The molecular weight excluding hydrogens is 276 g/mol. The van der Waals surface area contributed by atoms with Crippen LogP contribution in [0.5, 0.6) is 0 Å². The number of rotatable bonds is 4. The highest BCUT2D eigenvalue weighted by atomic mass is 32.1. The molecule has 1 aromatic heterocycles. The molecule has 1 atom stereocenters. The first-order chi connectivity index (χ1) is 9.46. The first-order valence-electron chi connectivity index (χ1n) is 6.77. The van der Waals surface area contributed by atoms with Crippen LogP contribution in [0.4, 0.5) is 4.79 Å². The van der Waals surface area contributed by atoms with E-state index in [1.54, 1.807) is 23.2 Å². The van der Waals surface area contributed by atoms with Gasteiger partial charge < -0.3 is 15.3 Å². The van der Waals surface area contributed by atoms with Crippen molar-refractivity contribution >= 4 is 23.3 Å². The number of carboxylic acids is 1. The quantitative estimate of drug-likeness (QED) is 0.896. The zero-order chi connectivity index (χ0) is 14.8. The van der Waals surface area contributed by atoms with Crippen molar-refractivity contribution in [2.24, 2.45) is 5.41 Å². The number of nitrogens with one attached hydrogen (secondary N) is 1. The van der Waals surface area contributed by atoms with Gasteiger partial charge in [0.05, 0.1) is 5.41 Å². The molecule has 2 amide bonds. The average Bonchev–Trinajstić information content (AvgIpc) is 2.91. The first-order valence-corrected chi connectivity index (χ1v) is 7.65. The van der Waals surface area contributed by atoms with Gasteiger partial charge in [-0.05, 0) is 36.8 Å². The van der Waals surface area contributed by atoms with Crippen LogP contribution in [0.2, 0.25) is 0 Å². The summed E-state index contributed by atoms with van der Waals surface area (Å²) in [7, 11) is 0. The lowest BCUT2D eigenvalue weighted by atomic mass is 9.88. The summed E-state index contributed by atoms with van der Waals surface area (Å²) in [6, 6.07) is 1.87. The number of hydrogen-bond donors (Lipinski definition) is 2. The zero-order valence-corrected chi connectivity index (χ0v) is 12.6. The molecule has 6 heteroatoms. The standard InChI is InChI=1S/C14H20N2O3S/c1-3-14(2,12(17)18)9-15-13(19)16-6-4-11-10(8-16)5-7-20-11/h5,7H,3-4,6,8-9H2,1-2H3,(H,15,19)(H,17,18). The highest BCUT2D eigenvalue weighted by Crippen LogP contribution is 2.24. The second-order valence-corrected chi connectivity index (χ2v) is 6.42. The van der Waals surface area contributed by atoms with Crippen LogP contribution in [0.15, 0.2) is 11.4 Å². The molecule has 2 heterocycles. The summed E-state index contributed by atoms with van der Waals surface area (Å²) in [5.74, 6) is -0.876. The first kappa shape index (κ1) is 14.8. The number of nitrogens with zero attached hydrogens (tertiary/aromatic N) is 1. The van der Waals surface area contributed by atoms with Gasteiger partial charge in [-0.1, -0.05) is 6.92 Å². The van der Waals surface area contributed by atoms with E-state index in [-0.39, 0.29) is 12.6 Å². The molecule has 0 saturated carbocycles. The lowest BCUT2D eigenvalue weighted by molar-refractivity contribution is -0.147. The van der Waals surface area contributed by atoms with E-state index in [0.29, 0.717) is 19.5 Å². The van der Waals surface area contributed by atoms with Gasteiger partial charge in [0.2, 0.25) is 0 Å². The molecule has 0 spiro atoms. The lowest BCUT2D eigenvalue weighted by Crippen LogP contribution is -2.47. The number of urea groups is 1. The molecule has 1 aromatic rings. The summed E-state index contributed by atoms with van der Waals surface area (Å²) in [4.78, 5) is 26.4. The second-order valence-electron chi connectivity index (χ2n) is 5.42. The maximum Gasteiger partial charge on any atom is 0.317 e. The number of fused-ring (bicyclic) bond motifs is 1. The average molecular weight is 296 g/mol. The Labute approximate surface area is 122 Å². The third-order valence-electron chi connectivity index (χ3n) is 4.02. The van der Waals surface area contributed by atoms with Crippen LogP contribution >= 0.6 is 11.3 Å². The molecule has 0 aliphatic carbocycles. The van der Waals surface area contributed by atoms with Crippen molar-refractivity contribution in [2.45, 2.75) is 33.2 Å². The van der Waals surface area contributed by atoms with E-state index in [1.807, 2.05) is 18.4 Å². The zero-order valence-electron chi connectivity index (χ0n) is 11.8. The number of carbonyl (C=O) groups is 2. The number of thiophene rings is 1. The van der Waals surface area contributed by atoms with Crippen molar-refractivity contribution in [3.63, 3.8) is 0 Å². The predicted octanol–water partition coefficient (Wildman–Crippen LogP) is 2.32. The maximum atomic E-state index is 12.1. The van der Waals surface area contributed by atoms with E-state index in [1.165, 1.54) is 10.4 Å². The smallest absolute Gasteiger partial charge is 0.317 e. The molecular formula is C14H20N2O3S. The summed E-state index contributed by atoms with van der Waals surface area (Å²) >= 11 is 1.73. The second kappa shape index (κ2) is 5.83.